The minimum absolute atomic E-state index is 0.0332. The average Bonchev–Trinajstić information content (AvgIpc) is 4.34. The predicted molar refractivity (Wildman–Crippen MR) is 271 cm³/mol. The van der Waals surface area contributed by atoms with Crippen molar-refractivity contribution < 1.29 is 0 Å². The van der Waals surface area contributed by atoms with Gasteiger partial charge < -0.3 is 0 Å². The first-order chi connectivity index (χ1) is 34.7. The van der Waals surface area contributed by atoms with E-state index in [1.54, 1.807) is 10.5 Å². The van der Waals surface area contributed by atoms with Gasteiger partial charge in [0.15, 0.2) is 0 Å². The van der Waals surface area contributed by atoms with Gasteiger partial charge >= 0.3 is 0 Å². The van der Waals surface area contributed by atoms with E-state index in [4.69, 9.17) is 0 Å². The van der Waals surface area contributed by atoms with Gasteiger partial charge in [-0.3, -0.25) is 0 Å². The van der Waals surface area contributed by atoms with Crippen LogP contribution in [0.3, 0.4) is 0 Å². The van der Waals surface area contributed by atoms with Gasteiger partial charge in [0.2, 0.25) is 0 Å². The second-order valence-corrected chi connectivity index (χ2v) is 31.3. The maximum absolute atomic E-state index is 2.96. The fourth-order valence-corrected chi connectivity index (χ4v) is 34.2. The van der Waals surface area contributed by atoms with Crippen molar-refractivity contribution in [2.24, 2.45) is 11.8 Å². The van der Waals surface area contributed by atoms with Crippen molar-refractivity contribution in [3.05, 3.63) is 141 Å². The van der Waals surface area contributed by atoms with E-state index in [2.05, 4.69) is 54.9 Å². The maximum Gasteiger partial charge on any atom is 0.0645 e. The number of hydrogen-bond donors (Lipinski definition) is 0. The van der Waals surface area contributed by atoms with Gasteiger partial charge in [0.1, 0.15) is 0 Å². The minimum Gasteiger partial charge on any atom is -0.112 e. The molecule has 312 valence electrons. The molecule has 23 aliphatic rings. The van der Waals surface area contributed by atoms with Crippen molar-refractivity contribution in [2.75, 3.05) is 0 Å². The van der Waals surface area contributed by atoms with E-state index in [1.807, 2.05) is 203 Å². The number of fused-ring (bicyclic) bond motifs is 1. The van der Waals surface area contributed by atoms with E-state index in [0.717, 1.165) is 0 Å². The van der Waals surface area contributed by atoms with Crippen LogP contribution in [-0.2, 0) is 10.2 Å². The molecular weight excluding hydrogens is 861 g/mol. The SMILES string of the molecule is CC(C)c1ccc2c(c1)C13c4c5c6c7c8c9c%10c%11c%12c%13c%14c%15c(c%16c%13c%10c7c4-%16)C1(S2)C1C%15C2c4c7c%10c%13c%15c%16c%17c%18c%19c%20c%21c%22c%23c(c4c4c%22c%19c%16c%104)C2C%14C%12C%23C%21C%11C9C%20C%18C8C6C%17C%15C5C3C%13C71. The summed E-state index contributed by atoms with van der Waals surface area (Å²) in [5, 5.41) is 30.8. The van der Waals surface area contributed by atoms with Crippen molar-refractivity contribution in [1.29, 1.82) is 0 Å². The summed E-state index contributed by atoms with van der Waals surface area (Å²) in [6.07, 6.45) is 0. The smallest absolute Gasteiger partial charge is 0.0645 e. The number of rotatable bonds is 1. The third-order valence-corrected chi connectivity index (χ3v) is 32.6. The van der Waals surface area contributed by atoms with Crippen LogP contribution in [0.25, 0.3) is 97.3 Å². The van der Waals surface area contributed by atoms with E-state index in [0.29, 0.717) is 124 Å². The molecule has 2 spiro atoms. The van der Waals surface area contributed by atoms with E-state index >= 15 is 0 Å². The van der Waals surface area contributed by atoms with Crippen molar-refractivity contribution in [1.82, 2.24) is 0 Å². The highest BCUT2D eigenvalue weighted by molar-refractivity contribution is 8.00. The Morgan fingerprint density at radius 2 is 0.643 bits per heavy atom. The molecule has 22 atom stereocenters. The van der Waals surface area contributed by atoms with Crippen LogP contribution in [0.1, 0.15) is 249 Å². The molecule has 11 aromatic carbocycles. The fraction of sp³-hybridized carbons (Fsp3) is 0.362. The maximum atomic E-state index is 2.96. The zero-order valence-corrected chi connectivity index (χ0v) is 38.6. The van der Waals surface area contributed by atoms with Gasteiger partial charge in [0.25, 0.3) is 0 Å². The molecule has 0 N–H and O–H groups in total. The van der Waals surface area contributed by atoms with Crippen molar-refractivity contribution in [2.45, 2.75) is 141 Å². The van der Waals surface area contributed by atoms with E-state index in [1.165, 1.54) is 0 Å². The van der Waals surface area contributed by atoms with Gasteiger partial charge in [-0.05, 0) is 350 Å². The first-order valence-electron chi connectivity index (χ1n) is 28.8. The highest BCUT2D eigenvalue weighted by atomic mass is 32.2. The molecule has 0 bridgehead atoms. The predicted octanol–water partition coefficient (Wildman–Crippen LogP) is 15.6. The lowest BCUT2D eigenvalue weighted by atomic mass is 9.39. The summed E-state index contributed by atoms with van der Waals surface area (Å²) < 4.78 is 0.0679. The van der Waals surface area contributed by atoms with Crippen LogP contribution >= 0.6 is 11.8 Å². The number of thioether (sulfide) groups is 1. The average molecular weight is 891 g/mol. The van der Waals surface area contributed by atoms with E-state index < -0.39 is 0 Å². The Kier molecular flexibility index (Phi) is 2.58. The first kappa shape index (κ1) is 28.0. The molecule has 34 rings (SSSR count). The molecule has 22 unspecified atom stereocenters. The lowest BCUT2D eigenvalue weighted by molar-refractivity contribution is 0.0341. The molecular formula is C69H30S. The molecule has 22 aliphatic carbocycles. The van der Waals surface area contributed by atoms with Gasteiger partial charge in [-0.25, -0.2) is 0 Å². The van der Waals surface area contributed by atoms with Crippen LogP contribution in [0.15, 0.2) is 23.1 Å². The van der Waals surface area contributed by atoms with Gasteiger partial charge in [-0.2, -0.15) is 0 Å². The normalized spacial score (nSPS) is 48.0. The molecule has 0 saturated heterocycles. The summed E-state index contributed by atoms with van der Waals surface area (Å²) in [6, 6.07) is 8.36. The third kappa shape index (κ3) is 1.52. The summed E-state index contributed by atoms with van der Waals surface area (Å²) in [5.41, 5.74) is 48.1. The highest BCUT2D eigenvalue weighted by Crippen LogP contribution is 3.01. The molecule has 1 heteroatoms. The Balaban J connectivity index is 1.02. The fourth-order valence-electron chi connectivity index (χ4n) is 32.2. The van der Waals surface area contributed by atoms with Crippen LogP contribution in [0.5, 0.6) is 0 Å². The zero-order valence-electron chi connectivity index (χ0n) is 37.8. The van der Waals surface area contributed by atoms with Gasteiger partial charge in [0, 0.05) is 10.3 Å². The lowest BCUT2D eigenvalue weighted by Crippen LogP contribution is -2.62. The molecule has 1 saturated carbocycles. The summed E-state index contributed by atoms with van der Waals surface area (Å²) in [4.78, 5) is 1.73. The lowest BCUT2D eigenvalue weighted by Gasteiger charge is -2.65. The topological polar surface area (TPSA) is 0 Å². The zero-order chi connectivity index (χ0) is 41.6. The van der Waals surface area contributed by atoms with Crippen molar-refractivity contribution in [3.63, 3.8) is 0 Å². The summed E-state index contributed by atoms with van der Waals surface area (Å²) >= 11 is 2.58. The molecule has 70 heavy (non-hydrogen) atoms. The summed E-state index contributed by atoms with van der Waals surface area (Å²) in [6.45, 7) is 5.03. The standard InChI is InChI=1S/C69H30S/c1-6(2)7-3-4-9-8(5-7)68-64-56-48-38-28-20-12-10-11-14-18-16(12)24-32-26(18)36-30-22(14)23-15(11)19-17-13(10)21(20)29-35-25(17)33-27(19)37-31(23)41-40(30)52-46(36)54-44(32)50(42(48)34(24)28)58(64)60(54)66-62(52)63-53(41)47(37)55-45(33)51-43(35)49(39(29)38)57(56)65(68)59(51)61(55)67(63)69(66,68)70-9/h3-6,12,14,16,18,20,22,28,30,38-41,49,53,57,59,61,63,65,67H,1-2H3. The largest absolute Gasteiger partial charge is 0.112 e. The Labute approximate surface area is 400 Å². The molecule has 1 heterocycles. The number of hydrogen-bond acceptors (Lipinski definition) is 1. The van der Waals surface area contributed by atoms with Crippen LogP contribution in [0.4, 0.5) is 0 Å². The number of benzene rings is 10. The molecule has 0 aromatic heterocycles. The van der Waals surface area contributed by atoms with Gasteiger partial charge in [-0.15, -0.1) is 11.8 Å². The molecule has 0 nitrogen and oxygen atoms in total. The summed E-state index contributed by atoms with van der Waals surface area (Å²) in [5.74, 6) is 14.0. The highest BCUT2D eigenvalue weighted by Gasteiger charge is 2.89. The van der Waals surface area contributed by atoms with E-state index in [-0.39, 0.29) is 10.2 Å². The van der Waals surface area contributed by atoms with E-state index in [9.17, 15) is 0 Å². The minimum atomic E-state index is 0.0332. The van der Waals surface area contributed by atoms with Crippen LogP contribution in [0, 0.1) is 11.8 Å². The van der Waals surface area contributed by atoms with Crippen molar-refractivity contribution >= 4 is 97.9 Å². The summed E-state index contributed by atoms with van der Waals surface area (Å²) in [7, 11) is 0. The Morgan fingerprint density at radius 3 is 1.09 bits per heavy atom. The second kappa shape index (κ2) is 6.46. The molecule has 11 aromatic rings. The Morgan fingerprint density at radius 1 is 0.329 bits per heavy atom. The molecule has 0 amide bonds. The third-order valence-electron chi connectivity index (χ3n) is 30.9. The second-order valence-electron chi connectivity index (χ2n) is 30.0. The van der Waals surface area contributed by atoms with Crippen LogP contribution < -0.4 is 0 Å². The van der Waals surface area contributed by atoms with Crippen molar-refractivity contribution in [3.8, 4) is 11.1 Å². The Hall–Kier alpha value is -5.37. The van der Waals surface area contributed by atoms with Crippen LogP contribution in [0.2, 0.25) is 0 Å². The first-order valence-corrected chi connectivity index (χ1v) is 29.6. The van der Waals surface area contributed by atoms with Crippen LogP contribution in [-0.4, -0.2) is 0 Å². The molecule has 1 fully saturated rings. The van der Waals surface area contributed by atoms with Gasteiger partial charge in [0.05, 0.1) is 4.75 Å². The monoisotopic (exact) mass is 890 g/mol. The van der Waals surface area contributed by atoms with Gasteiger partial charge in [-0.1, -0.05) is 26.0 Å². The molecule has 1 aliphatic heterocycles. The Bertz CT molecular complexity index is 5480. The molecule has 0 radical (unpaired) electrons. The quantitative estimate of drug-likeness (QED) is 0.148.